The van der Waals surface area contributed by atoms with Crippen LogP contribution in [0, 0.1) is 41.4 Å². The van der Waals surface area contributed by atoms with Gasteiger partial charge in [0.25, 0.3) is 0 Å². The fraction of sp³-hybridized carbons (Fsp3) is 1.00. The maximum absolute atomic E-state index is 2.44. The van der Waals surface area contributed by atoms with Crippen molar-refractivity contribution >= 4 is 0 Å². The Morgan fingerprint density at radius 3 is 2.47 bits per heavy atom. The molecule has 0 N–H and O–H groups in total. The average Bonchev–Trinajstić information content (AvgIpc) is 2.66. The molecule has 0 aromatic heterocycles. The van der Waals surface area contributed by atoms with E-state index in [1.165, 1.54) is 41.9 Å². The highest BCUT2D eigenvalue weighted by atomic mass is 14.7. The van der Waals surface area contributed by atoms with E-state index in [0.29, 0.717) is 0 Å². The molecule has 5 aliphatic carbocycles. The van der Waals surface area contributed by atoms with Gasteiger partial charge in [-0.15, -0.1) is 0 Å². The lowest BCUT2D eigenvalue weighted by atomic mass is 9.40. The molecule has 0 aromatic rings. The first-order valence-corrected chi connectivity index (χ1v) is 7.40. The topological polar surface area (TPSA) is 0 Å². The van der Waals surface area contributed by atoms with E-state index in [-0.39, 0.29) is 0 Å². The Bertz CT molecular complexity index is 269. The Labute approximate surface area is 93.8 Å². The molecule has 0 aromatic carbocycles. The Morgan fingerprint density at radius 1 is 0.867 bits per heavy atom. The standard InChI is InChI=1S/C15H24/c1-2-9-8-10-6-7-11(9)15-13-5-3-4-12(13)14(10)15/h9-15H,2-8H2,1H3. The molecule has 5 aliphatic rings. The monoisotopic (exact) mass is 204 g/mol. The van der Waals surface area contributed by atoms with E-state index in [0.717, 1.165) is 5.92 Å². The van der Waals surface area contributed by atoms with Crippen molar-refractivity contribution in [3.8, 4) is 0 Å². The molecule has 5 rings (SSSR count). The van der Waals surface area contributed by atoms with Gasteiger partial charge in [-0.2, -0.15) is 0 Å². The van der Waals surface area contributed by atoms with E-state index in [2.05, 4.69) is 6.92 Å². The van der Waals surface area contributed by atoms with E-state index in [4.69, 9.17) is 0 Å². The third-order valence-electron chi connectivity index (χ3n) is 6.70. The van der Waals surface area contributed by atoms with Crippen LogP contribution in [-0.4, -0.2) is 0 Å². The average molecular weight is 204 g/mol. The first-order chi connectivity index (χ1) is 7.40. The molecule has 7 unspecified atom stereocenters. The van der Waals surface area contributed by atoms with Crippen LogP contribution in [0.4, 0.5) is 0 Å². The molecule has 84 valence electrons. The van der Waals surface area contributed by atoms with Gasteiger partial charge in [-0.1, -0.05) is 19.8 Å². The number of rotatable bonds is 1. The highest BCUT2D eigenvalue weighted by Crippen LogP contribution is 2.69. The summed E-state index contributed by atoms with van der Waals surface area (Å²) < 4.78 is 0. The van der Waals surface area contributed by atoms with Gasteiger partial charge in [0.1, 0.15) is 0 Å². The summed E-state index contributed by atoms with van der Waals surface area (Å²) in [4.78, 5) is 0. The van der Waals surface area contributed by atoms with Crippen molar-refractivity contribution in [2.75, 3.05) is 0 Å². The maximum Gasteiger partial charge on any atom is -0.0318 e. The van der Waals surface area contributed by atoms with Gasteiger partial charge in [0, 0.05) is 0 Å². The van der Waals surface area contributed by atoms with Gasteiger partial charge < -0.3 is 0 Å². The lowest BCUT2D eigenvalue weighted by Crippen LogP contribution is -2.58. The minimum absolute atomic E-state index is 1.13. The largest absolute Gasteiger partial charge is 0.0651 e. The molecule has 0 aliphatic heterocycles. The molecule has 0 radical (unpaired) electrons. The fourth-order valence-electron chi connectivity index (χ4n) is 6.31. The second-order valence-electron chi connectivity index (χ2n) is 6.82. The summed E-state index contributed by atoms with van der Waals surface area (Å²) in [5.74, 6) is 8.33. The Balaban J connectivity index is 1.65. The zero-order chi connectivity index (χ0) is 9.99. The van der Waals surface area contributed by atoms with Crippen LogP contribution in [0.3, 0.4) is 0 Å². The molecule has 0 nitrogen and oxygen atoms in total. The van der Waals surface area contributed by atoms with Gasteiger partial charge in [0.2, 0.25) is 0 Å². The molecule has 0 heterocycles. The molecule has 0 amide bonds. The maximum atomic E-state index is 2.44. The van der Waals surface area contributed by atoms with Crippen molar-refractivity contribution in [3.05, 3.63) is 0 Å². The van der Waals surface area contributed by atoms with Crippen molar-refractivity contribution in [2.24, 2.45) is 41.4 Å². The van der Waals surface area contributed by atoms with Crippen LogP contribution in [0.1, 0.15) is 51.9 Å². The van der Waals surface area contributed by atoms with E-state index in [1.54, 1.807) is 38.5 Å². The fourth-order valence-corrected chi connectivity index (χ4v) is 6.31. The van der Waals surface area contributed by atoms with E-state index >= 15 is 0 Å². The highest BCUT2D eigenvalue weighted by Gasteiger charge is 2.62. The predicted octanol–water partition coefficient (Wildman–Crippen LogP) is 4.10. The summed E-state index contributed by atoms with van der Waals surface area (Å²) in [6, 6.07) is 0. The molecule has 0 heteroatoms. The van der Waals surface area contributed by atoms with Crippen LogP contribution in [0.5, 0.6) is 0 Å². The second kappa shape index (κ2) is 3.02. The summed E-state index contributed by atoms with van der Waals surface area (Å²) in [6.07, 6.45) is 11.1. The Hall–Kier alpha value is 0. The lowest BCUT2D eigenvalue weighted by Gasteiger charge is -2.65. The molecule has 15 heavy (non-hydrogen) atoms. The summed E-state index contributed by atoms with van der Waals surface area (Å²) >= 11 is 0. The molecule has 0 saturated heterocycles. The zero-order valence-electron chi connectivity index (χ0n) is 9.99. The molecular formula is C15H24. The predicted molar refractivity (Wildman–Crippen MR) is 62.4 cm³/mol. The van der Waals surface area contributed by atoms with E-state index < -0.39 is 0 Å². The summed E-state index contributed by atoms with van der Waals surface area (Å²) in [5, 5.41) is 0. The van der Waals surface area contributed by atoms with Crippen molar-refractivity contribution in [1.29, 1.82) is 0 Å². The number of hydrogen-bond donors (Lipinski definition) is 0. The van der Waals surface area contributed by atoms with Crippen LogP contribution in [0.25, 0.3) is 0 Å². The summed E-state index contributed by atoms with van der Waals surface area (Å²) in [5.41, 5.74) is 0. The van der Waals surface area contributed by atoms with Crippen LogP contribution in [0.15, 0.2) is 0 Å². The van der Waals surface area contributed by atoms with E-state index in [9.17, 15) is 0 Å². The van der Waals surface area contributed by atoms with Crippen LogP contribution >= 0.6 is 0 Å². The third-order valence-corrected chi connectivity index (χ3v) is 6.70. The first kappa shape index (κ1) is 9.07. The van der Waals surface area contributed by atoms with Gasteiger partial charge in [0.05, 0.1) is 0 Å². The van der Waals surface area contributed by atoms with Crippen molar-refractivity contribution in [1.82, 2.24) is 0 Å². The van der Waals surface area contributed by atoms with Crippen LogP contribution in [0.2, 0.25) is 0 Å². The third kappa shape index (κ3) is 0.996. The molecule has 2 bridgehead atoms. The Morgan fingerprint density at radius 2 is 1.67 bits per heavy atom. The van der Waals surface area contributed by atoms with Crippen molar-refractivity contribution in [2.45, 2.75) is 51.9 Å². The summed E-state index contributed by atoms with van der Waals surface area (Å²) in [7, 11) is 0. The first-order valence-electron chi connectivity index (χ1n) is 7.40. The second-order valence-corrected chi connectivity index (χ2v) is 6.82. The minimum atomic E-state index is 1.13. The molecule has 5 saturated carbocycles. The smallest absolute Gasteiger partial charge is 0.0318 e. The molecule has 7 atom stereocenters. The van der Waals surface area contributed by atoms with Crippen LogP contribution < -0.4 is 0 Å². The van der Waals surface area contributed by atoms with Gasteiger partial charge in [-0.05, 0) is 73.5 Å². The van der Waals surface area contributed by atoms with Gasteiger partial charge in [0.15, 0.2) is 0 Å². The molecule has 0 spiro atoms. The number of fused-ring (bicyclic) bond motifs is 3. The quantitative estimate of drug-likeness (QED) is 0.603. The minimum Gasteiger partial charge on any atom is -0.0651 e. The van der Waals surface area contributed by atoms with Crippen LogP contribution in [-0.2, 0) is 0 Å². The zero-order valence-corrected chi connectivity index (χ0v) is 9.99. The highest BCUT2D eigenvalue weighted by molar-refractivity contribution is 5.10. The Kier molecular flexibility index (Phi) is 1.83. The summed E-state index contributed by atoms with van der Waals surface area (Å²) in [6.45, 7) is 2.44. The normalized spacial score (nSPS) is 61.0. The lowest BCUT2D eigenvalue weighted by molar-refractivity contribution is -0.164. The SMILES string of the molecule is CCC1CC2CCC1C1C3CCCC3C21. The van der Waals surface area contributed by atoms with Crippen molar-refractivity contribution < 1.29 is 0 Å². The van der Waals surface area contributed by atoms with Gasteiger partial charge in [-0.25, -0.2) is 0 Å². The number of hydrogen-bond acceptors (Lipinski definition) is 0. The van der Waals surface area contributed by atoms with E-state index in [1.807, 2.05) is 0 Å². The molecule has 5 fully saturated rings. The van der Waals surface area contributed by atoms with Crippen molar-refractivity contribution in [3.63, 3.8) is 0 Å². The van der Waals surface area contributed by atoms with Gasteiger partial charge in [-0.3, -0.25) is 0 Å². The van der Waals surface area contributed by atoms with Gasteiger partial charge >= 0.3 is 0 Å². The molecular weight excluding hydrogens is 180 g/mol.